The van der Waals surface area contributed by atoms with Crippen molar-refractivity contribution in [2.45, 2.75) is 32.5 Å². The molecular weight excluding hydrogens is 233 g/mol. The van der Waals surface area contributed by atoms with Gasteiger partial charge in [-0.1, -0.05) is 6.07 Å². The van der Waals surface area contributed by atoms with E-state index in [1.165, 1.54) is 6.07 Å². The van der Waals surface area contributed by atoms with Crippen LogP contribution in [-0.4, -0.2) is 30.9 Å². The molecule has 1 N–H and O–H groups in total. The third-order valence-corrected chi connectivity index (χ3v) is 3.37. The Labute approximate surface area is 107 Å². The molecule has 0 aliphatic carbocycles. The molecule has 1 aromatic rings. The summed E-state index contributed by atoms with van der Waals surface area (Å²) < 4.78 is 19.3. The molecule has 1 aromatic carbocycles. The normalized spacial score (nSPS) is 20.2. The molecule has 1 fully saturated rings. The number of rotatable bonds is 4. The molecule has 1 aliphatic heterocycles. The Hall–Kier alpha value is -1.13. The SMILES string of the molecule is CCOC1CCCN(c2cccc(F)c2CO)C1. The molecule has 1 unspecified atom stereocenters. The Balaban J connectivity index is 2.18. The minimum Gasteiger partial charge on any atom is -0.391 e. The lowest BCUT2D eigenvalue weighted by atomic mass is 10.0. The van der Waals surface area contributed by atoms with Gasteiger partial charge in [-0.05, 0) is 31.9 Å². The highest BCUT2D eigenvalue weighted by molar-refractivity contribution is 5.54. The third kappa shape index (κ3) is 2.82. The van der Waals surface area contributed by atoms with Crippen LogP contribution in [0.4, 0.5) is 10.1 Å². The summed E-state index contributed by atoms with van der Waals surface area (Å²) in [7, 11) is 0. The van der Waals surface area contributed by atoms with E-state index < -0.39 is 0 Å². The van der Waals surface area contributed by atoms with E-state index in [1.54, 1.807) is 6.07 Å². The third-order valence-electron chi connectivity index (χ3n) is 3.37. The molecule has 0 amide bonds. The quantitative estimate of drug-likeness (QED) is 0.894. The van der Waals surface area contributed by atoms with Gasteiger partial charge in [-0.25, -0.2) is 4.39 Å². The number of halogens is 1. The van der Waals surface area contributed by atoms with Crippen LogP contribution in [0.5, 0.6) is 0 Å². The molecule has 100 valence electrons. The van der Waals surface area contributed by atoms with Crippen LogP contribution < -0.4 is 4.90 Å². The lowest BCUT2D eigenvalue weighted by Crippen LogP contribution is -2.40. The zero-order valence-electron chi connectivity index (χ0n) is 10.7. The highest BCUT2D eigenvalue weighted by atomic mass is 19.1. The van der Waals surface area contributed by atoms with E-state index in [4.69, 9.17) is 4.74 Å². The van der Waals surface area contributed by atoms with Gasteiger partial charge in [-0.2, -0.15) is 0 Å². The van der Waals surface area contributed by atoms with Gasteiger partial charge >= 0.3 is 0 Å². The molecule has 1 saturated heterocycles. The Morgan fingerprint density at radius 2 is 2.33 bits per heavy atom. The summed E-state index contributed by atoms with van der Waals surface area (Å²) in [5.74, 6) is -0.339. The minimum absolute atomic E-state index is 0.207. The van der Waals surface area contributed by atoms with Gasteiger partial charge < -0.3 is 14.7 Å². The molecule has 1 atom stereocenters. The van der Waals surface area contributed by atoms with Gasteiger partial charge in [-0.3, -0.25) is 0 Å². The lowest BCUT2D eigenvalue weighted by molar-refractivity contribution is 0.0525. The standard InChI is InChI=1S/C14H20FNO2/c1-2-18-11-5-4-8-16(9-11)14-7-3-6-13(15)12(14)10-17/h3,6-7,11,17H,2,4-5,8-10H2,1H3. The number of hydrogen-bond acceptors (Lipinski definition) is 3. The number of hydrogen-bond donors (Lipinski definition) is 1. The van der Waals surface area contributed by atoms with E-state index in [1.807, 2.05) is 13.0 Å². The van der Waals surface area contributed by atoms with E-state index in [9.17, 15) is 9.50 Å². The van der Waals surface area contributed by atoms with Crippen LogP contribution in [0.15, 0.2) is 18.2 Å². The molecule has 3 nitrogen and oxygen atoms in total. The molecule has 4 heteroatoms. The molecule has 0 spiro atoms. The number of piperidine rings is 1. The van der Waals surface area contributed by atoms with Crippen molar-refractivity contribution in [2.24, 2.45) is 0 Å². The Kier molecular flexibility index (Phi) is 4.55. The first kappa shape index (κ1) is 13.3. The second-order valence-electron chi connectivity index (χ2n) is 4.56. The van der Waals surface area contributed by atoms with Crippen LogP contribution in [-0.2, 0) is 11.3 Å². The van der Waals surface area contributed by atoms with Crippen molar-refractivity contribution in [3.8, 4) is 0 Å². The largest absolute Gasteiger partial charge is 0.391 e. The van der Waals surface area contributed by atoms with Gasteiger partial charge in [0.05, 0.1) is 12.7 Å². The molecule has 1 aliphatic rings. The van der Waals surface area contributed by atoms with Crippen LogP contribution in [0.1, 0.15) is 25.3 Å². The predicted octanol–water partition coefficient (Wildman–Crippen LogP) is 2.32. The van der Waals surface area contributed by atoms with Gasteiger partial charge in [0, 0.05) is 30.9 Å². The first-order chi connectivity index (χ1) is 8.76. The zero-order chi connectivity index (χ0) is 13.0. The minimum atomic E-state index is -0.339. The molecule has 1 heterocycles. The van der Waals surface area contributed by atoms with Gasteiger partial charge in [0.25, 0.3) is 0 Å². The van der Waals surface area contributed by atoms with Crippen molar-refractivity contribution < 1.29 is 14.2 Å². The average molecular weight is 253 g/mol. The highest BCUT2D eigenvalue weighted by Gasteiger charge is 2.22. The topological polar surface area (TPSA) is 32.7 Å². The van der Waals surface area contributed by atoms with Crippen molar-refractivity contribution >= 4 is 5.69 Å². The van der Waals surface area contributed by atoms with Gasteiger partial charge in [0.1, 0.15) is 5.82 Å². The zero-order valence-corrected chi connectivity index (χ0v) is 10.7. The first-order valence-corrected chi connectivity index (χ1v) is 6.51. The number of nitrogens with zero attached hydrogens (tertiary/aromatic N) is 1. The second-order valence-corrected chi connectivity index (χ2v) is 4.56. The monoisotopic (exact) mass is 253 g/mol. The van der Waals surface area contributed by atoms with E-state index in [0.29, 0.717) is 12.2 Å². The highest BCUT2D eigenvalue weighted by Crippen LogP contribution is 2.27. The predicted molar refractivity (Wildman–Crippen MR) is 69.2 cm³/mol. The van der Waals surface area contributed by atoms with E-state index in [-0.39, 0.29) is 18.5 Å². The summed E-state index contributed by atoms with van der Waals surface area (Å²) in [6.45, 7) is 4.08. The number of ether oxygens (including phenoxy) is 1. The molecule has 0 aromatic heterocycles. The lowest BCUT2D eigenvalue weighted by Gasteiger charge is -2.35. The summed E-state index contributed by atoms with van der Waals surface area (Å²) >= 11 is 0. The fourth-order valence-electron chi connectivity index (χ4n) is 2.53. The number of aliphatic hydroxyl groups excluding tert-OH is 1. The summed E-state index contributed by atoms with van der Waals surface area (Å²) in [5.41, 5.74) is 1.18. The molecule has 0 bridgehead atoms. The van der Waals surface area contributed by atoms with E-state index in [2.05, 4.69) is 4.90 Å². The first-order valence-electron chi connectivity index (χ1n) is 6.51. The number of aliphatic hydroxyl groups is 1. The Morgan fingerprint density at radius 1 is 1.50 bits per heavy atom. The smallest absolute Gasteiger partial charge is 0.130 e. The molecule has 0 radical (unpaired) electrons. The van der Waals surface area contributed by atoms with Crippen LogP contribution in [0, 0.1) is 5.82 Å². The summed E-state index contributed by atoms with van der Waals surface area (Å²) in [4.78, 5) is 2.11. The van der Waals surface area contributed by atoms with Crippen LogP contribution in [0.25, 0.3) is 0 Å². The molecule has 0 saturated carbocycles. The fraction of sp³-hybridized carbons (Fsp3) is 0.571. The van der Waals surface area contributed by atoms with Crippen LogP contribution in [0.2, 0.25) is 0 Å². The Morgan fingerprint density at radius 3 is 3.06 bits per heavy atom. The van der Waals surface area contributed by atoms with Gasteiger partial charge in [0.15, 0.2) is 0 Å². The van der Waals surface area contributed by atoms with Crippen LogP contribution >= 0.6 is 0 Å². The average Bonchev–Trinajstić information content (AvgIpc) is 2.39. The molecule has 2 rings (SSSR count). The van der Waals surface area contributed by atoms with Crippen molar-refractivity contribution in [1.29, 1.82) is 0 Å². The Bertz CT molecular complexity index is 395. The van der Waals surface area contributed by atoms with Crippen LogP contribution in [0.3, 0.4) is 0 Å². The molecular formula is C14H20FNO2. The second kappa shape index (κ2) is 6.16. The van der Waals surface area contributed by atoms with Gasteiger partial charge in [0.2, 0.25) is 0 Å². The van der Waals surface area contributed by atoms with Crippen molar-refractivity contribution in [2.75, 3.05) is 24.6 Å². The summed E-state index contributed by atoms with van der Waals surface area (Å²) in [6, 6.07) is 4.94. The maximum atomic E-state index is 13.6. The molecule has 18 heavy (non-hydrogen) atoms. The van der Waals surface area contributed by atoms with Gasteiger partial charge in [-0.15, -0.1) is 0 Å². The maximum Gasteiger partial charge on any atom is 0.130 e. The number of anilines is 1. The summed E-state index contributed by atoms with van der Waals surface area (Å²) in [6.07, 6.45) is 2.29. The van der Waals surface area contributed by atoms with E-state index >= 15 is 0 Å². The van der Waals surface area contributed by atoms with Crippen molar-refractivity contribution in [3.63, 3.8) is 0 Å². The number of benzene rings is 1. The fourth-order valence-corrected chi connectivity index (χ4v) is 2.53. The van der Waals surface area contributed by atoms with Crippen molar-refractivity contribution in [3.05, 3.63) is 29.6 Å². The van der Waals surface area contributed by atoms with E-state index in [0.717, 1.165) is 31.6 Å². The maximum absolute atomic E-state index is 13.6. The summed E-state index contributed by atoms with van der Waals surface area (Å²) in [5, 5.41) is 9.30. The van der Waals surface area contributed by atoms with Crippen molar-refractivity contribution in [1.82, 2.24) is 0 Å².